The second-order valence-corrected chi connectivity index (χ2v) is 2.85. The molecule has 0 radical (unpaired) electrons. The van der Waals surface area contributed by atoms with Crippen molar-refractivity contribution in [2.75, 3.05) is 18.9 Å². The van der Waals surface area contributed by atoms with Crippen molar-refractivity contribution in [3.8, 4) is 0 Å². The fourth-order valence-corrected chi connectivity index (χ4v) is 0.995. The molecule has 76 valence electrons. The number of anilines is 1. The molecule has 0 unspecified atom stereocenters. The summed E-state index contributed by atoms with van der Waals surface area (Å²) in [5.74, 6) is 0.475. The number of amides is 1. The van der Waals surface area contributed by atoms with Gasteiger partial charge in [-0.05, 0) is 20.0 Å². The third-order valence-corrected chi connectivity index (χ3v) is 1.66. The van der Waals surface area contributed by atoms with Crippen molar-refractivity contribution in [3.63, 3.8) is 0 Å². The number of rotatable bonds is 5. The van der Waals surface area contributed by atoms with Crippen molar-refractivity contribution in [3.05, 3.63) is 18.6 Å². The molecule has 1 aromatic rings. The van der Waals surface area contributed by atoms with Gasteiger partial charge in [0.2, 0.25) is 5.91 Å². The quantitative estimate of drug-likeness (QED) is 0.666. The van der Waals surface area contributed by atoms with Gasteiger partial charge in [0, 0.05) is 18.8 Å². The Morgan fingerprint density at radius 3 is 3.00 bits per heavy atom. The zero-order chi connectivity index (χ0) is 10.2. The summed E-state index contributed by atoms with van der Waals surface area (Å²) in [5.41, 5.74) is 0. The van der Waals surface area contributed by atoms with Crippen molar-refractivity contribution >= 4 is 11.7 Å². The number of hydrogen-bond donors (Lipinski definition) is 2. The van der Waals surface area contributed by atoms with Crippen molar-refractivity contribution in [2.24, 2.45) is 0 Å². The monoisotopic (exact) mass is 194 g/mol. The highest BCUT2D eigenvalue weighted by Gasteiger charge is 2.01. The molecule has 5 nitrogen and oxygen atoms in total. The van der Waals surface area contributed by atoms with Crippen LogP contribution in [0, 0.1) is 0 Å². The maximum absolute atomic E-state index is 11.3. The van der Waals surface area contributed by atoms with E-state index in [0.717, 1.165) is 13.0 Å². The summed E-state index contributed by atoms with van der Waals surface area (Å²) in [4.78, 5) is 19.1. The molecule has 0 fully saturated rings. The molecule has 0 aromatic carbocycles. The normalized spacial score (nSPS) is 9.79. The van der Waals surface area contributed by atoms with E-state index in [1.807, 2.05) is 7.05 Å². The molecule has 5 heteroatoms. The highest BCUT2D eigenvalue weighted by Crippen LogP contribution is 1.99. The first-order valence-corrected chi connectivity index (χ1v) is 4.53. The highest BCUT2D eigenvalue weighted by molar-refractivity contribution is 5.89. The van der Waals surface area contributed by atoms with Crippen LogP contribution in [0.3, 0.4) is 0 Å². The molecule has 0 aliphatic carbocycles. The molecule has 0 aliphatic rings. The van der Waals surface area contributed by atoms with E-state index in [-0.39, 0.29) is 5.91 Å². The maximum atomic E-state index is 11.3. The Labute approximate surface area is 83.0 Å². The fraction of sp³-hybridized carbons (Fsp3) is 0.444. The highest BCUT2D eigenvalue weighted by atomic mass is 16.1. The number of carbonyl (C=O) groups is 1. The zero-order valence-electron chi connectivity index (χ0n) is 8.16. The van der Waals surface area contributed by atoms with Crippen LogP contribution < -0.4 is 10.6 Å². The van der Waals surface area contributed by atoms with E-state index in [2.05, 4.69) is 20.6 Å². The first-order valence-electron chi connectivity index (χ1n) is 4.53. The minimum Gasteiger partial charge on any atom is -0.320 e. The van der Waals surface area contributed by atoms with Crippen LogP contribution >= 0.6 is 0 Å². The largest absolute Gasteiger partial charge is 0.320 e. The van der Waals surface area contributed by atoms with E-state index in [4.69, 9.17) is 0 Å². The Hall–Kier alpha value is -1.49. The van der Waals surface area contributed by atoms with E-state index in [0.29, 0.717) is 12.2 Å². The molecule has 0 saturated heterocycles. The zero-order valence-corrected chi connectivity index (χ0v) is 8.16. The third kappa shape index (κ3) is 3.95. The topological polar surface area (TPSA) is 66.9 Å². The van der Waals surface area contributed by atoms with Gasteiger partial charge in [0.25, 0.3) is 0 Å². The van der Waals surface area contributed by atoms with Gasteiger partial charge in [-0.3, -0.25) is 9.78 Å². The predicted octanol–water partition coefficient (Wildman–Crippen LogP) is 0.415. The van der Waals surface area contributed by atoms with Gasteiger partial charge in [-0.15, -0.1) is 0 Å². The Bertz CT molecular complexity index is 275. The van der Waals surface area contributed by atoms with E-state index >= 15 is 0 Å². The van der Waals surface area contributed by atoms with Gasteiger partial charge in [-0.1, -0.05) is 0 Å². The fourth-order valence-electron chi connectivity index (χ4n) is 0.995. The molecule has 14 heavy (non-hydrogen) atoms. The van der Waals surface area contributed by atoms with E-state index < -0.39 is 0 Å². The molecule has 0 atom stereocenters. The number of nitrogens with one attached hydrogen (secondary N) is 2. The number of aromatic nitrogens is 2. The van der Waals surface area contributed by atoms with Crippen molar-refractivity contribution in [1.82, 2.24) is 15.3 Å². The first-order chi connectivity index (χ1) is 6.83. The Morgan fingerprint density at radius 1 is 1.50 bits per heavy atom. The first kappa shape index (κ1) is 10.6. The van der Waals surface area contributed by atoms with Gasteiger partial charge in [0.15, 0.2) is 5.82 Å². The molecule has 1 aromatic heterocycles. The summed E-state index contributed by atoms with van der Waals surface area (Å²) >= 11 is 0. The Morgan fingerprint density at radius 2 is 2.36 bits per heavy atom. The second kappa shape index (κ2) is 6.04. The van der Waals surface area contributed by atoms with Crippen LogP contribution in [0.5, 0.6) is 0 Å². The Kier molecular flexibility index (Phi) is 4.57. The molecule has 2 N–H and O–H groups in total. The van der Waals surface area contributed by atoms with Gasteiger partial charge >= 0.3 is 0 Å². The van der Waals surface area contributed by atoms with Gasteiger partial charge in [0.05, 0.1) is 6.20 Å². The SMILES string of the molecule is CNCCCC(=O)Nc1cnccn1. The smallest absolute Gasteiger partial charge is 0.225 e. The van der Waals surface area contributed by atoms with Crippen molar-refractivity contribution < 1.29 is 4.79 Å². The average Bonchev–Trinajstić information content (AvgIpc) is 2.20. The van der Waals surface area contributed by atoms with Crippen LogP contribution in [-0.2, 0) is 4.79 Å². The average molecular weight is 194 g/mol. The lowest BCUT2D eigenvalue weighted by Crippen LogP contribution is -2.15. The molecule has 1 amide bonds. The van der Waals surface area contributed by atoms with Crippen LogP contribution in [0.2, 0.25) is 0 Å². The summed E-state index contributed by atoms with van der Waals surface area (Å²) in [6, 6.07) is 0. The number of hydrogen-bond acceptors (Lipinski definition) is 4. The number of nitrogens with zero attached hydrogens (tertiary/aromatic N) is 2. The molecule has 1 rings (SSSR count). The Balaban J connectivity index is 2.27. The summed E-state index contributed by atoms with van der Waals surface area (Å²) in [7, 11) is 1.86. The van der Waals surface area contributed by atoms with Crippen LogP contribution in [0.15, 0.2) is 18.6 Å². The van der Waals surface area contributed by atoms with Gasteiger partial charge in [-0.25, -0.2) is 4.98 Å². The van der Waals surface area contributed by atoms with Crippen LogP contribution in [0.4, 0.5) is 5.82 Å². The number of carbonyl (C=O) groups excluding carboxylic acids is 1. The lowest BCUT2D eigenvalue weighted by atomic mass is 10.3. The lowest BCUT2D eigenvalue weighted by molar-refractivity contribution is -0.116. The lowest BCUT2D eigenvalue weighted by Gasteiger charge is -2.02. The maximum Gasteiger partial charge on any atom is 0.225 e. The molecule has 0 spiro atoms. The molecule has 0 bridgehead atoms. The van der Waals surface area contributed by atoms with Gasteiger partial charge < -0.3 is 10.6 Å². The predicted molar refractivity (Wildman–Crippen MR) is 53.8 cm³/mol. The standard InChI is InChI=1S/C9H14N4O/c1-10-4-2-3-9(14)13-8-7-11-5-6-12-8/h5-7,10H,2-4H2,1H3,(H,12,13,14). The minimum absolute atomic E-state index is 0.0271. The summed E-state index contributed by atoms with van der Waals surface area (Å²) in [6.45, 7) is 0.841. The van der Waals surface area contributed by atoms with Crippen LogP contribution in [0.1, 0.15) is 12.8 Å². The van der Waals surface area contributed by atoms with Crippen molar-refractivity contribution in [1.29, 1.82) is 0 Å². The van der Waals surface area contributed by atoms with E-state index in [9.17, 15) is 4.79 Å². The van der Waals surface area contributed by atoms with E-state index in [1.54, 1.807) is 12.4 Å². The summed E-state index contributed by atoms with van der Waals surface area (Å²) < 4.78 is 0. The second-order valence-electron chi connectivity index (χ2n) is 2.85. The van der Waals surface area contributed by atoms with Crippen LogP contribution in [0.25, 0.3) is 0 Å². The van der Waals surface area contributed by atoms with Gasteiger partial charge in [-0.2, -0.15) is 0 Å². The molecule has 0 saturated carbocycles. The summed E-state index contributed by atoms with van der Waals surface area (Å²) in [6.07, 6.45) is 5.95. The molecular weight excluding hydrogens is 180 g/mol. The molecular formula is C9H14N4O. The van der Waals surface area contributed by atoms with Gasteiger partial charge in [0.1, 0.15) is 0 Å². The summed E-state index contributed by atoms with van der Waals surface area (Å²) in [5, 5.41) is 5.64. The molecule has 1 heterocycles. The minimum atomic E-state index is -0.0271. The third-order valence-electron chi connectivity index (χ3n) is 1.66. The van der Waals surface area contributed by atoms with Crippen LogP contribution in [-0.4, -0.2) is 29.5 Å². The van der Waals surface area contributed by atoms with E-state index in [1.165, 1.54) is 6.20 Å². The van der Waals surface area contributed by atoms with Crippen molar-refractivity contribution in [2.45, 2.75) is 12.8 Å². The molecule has 0 aliphatic heterocycles.